The summed E-state index contributed by atoms with van der Waals surface area (Å²) in [5, 5.41) is 3.26. The van der Waals surface area contributed by atoms with Gasteiger partial charge in [0.05, 0.1) is 17.0 Å². The van der Waals surface area contributed by atoms with Gasteiger partial charge < -0.3 is 9.88 Å². The van der Waals surface area contributed by atoms with Crippen LogP contribution in [0.4, 0.5) is 5.69 Å². The fraction of sp³-hybridized carbons (Fsp3) is 0.136. The average molecular weight is 407 g/mol. The fourth-order valence-corrected chi connectivity index (χ4v) is 3.48. The van der Waals surface area contributed by atoms with Crippen LogP contribution in [0.3, 0.4) is 0 Å². The van der Waals surface area contributed by atoms with Crippen LogP contribution in [0.2, 0.25) is 5.02 Å². The second-order valence-electron chi connectivity index (χ2n) is 6.60. The van der Waals surface area contributed by atoms with E-state index in [1.54, 1.807) is 41.4 Å². The number of benzene rings is 2. The fourth-order valence-electron chi connectivity index (χ4n) is 3.30. The summed E-state index contributed by atoms with van der Waals surface area (Å²) in [6.45, 7) is 2.35. The van der Waals surface area contributed by atoms with Gasteiger partial charge in [-0.15, -0.1) is 0 Å². The van der Waals surface area contributed by atoms with E-state index in [9.17, 15) is 9.59 Å². The summed E-state index contributed by atoms with van der Waals surface area (Å²) in [4.78, 5) is 30.1. The van der Waals surface area contributed by atoms with Crippen LogP contribution in [0.15, 0.2) is 71.9 Å². The molecule has 0 saturated carbocycles. The van der Waals surface area contributed by atoms with Gasteiger partial charge in [-0.1, -0.05) is 54.1 Å². The molecular formula is C22H19ClN4O2. The Kier molecular flexibility index (Phi) is 5.18. The van der Waals surface area contributed by atoms with E-state index < -0.39 is 0 Å². The van der Waals surface area contributed by atoms with E-state index >= 15 is 0 Å². The highest BCUT2D eigenvalue weighted by Gasteiger charge is 2.18. The standard InChI is InChI=1S/C22H19ClN4O2/c1-2-26-14-24-20-16(15-8-4-3-5-9-15)12-27(21(20)22(26)29)13-19(28)25-18-11-7-6-10-17(18)23/h3-12,14H,2,13H2,1H3,(H,25,28). The minimum atomic E-state index is -0.277. The van der Waals surface area contributed by atoms with E-state index in [-0.39, 0.29) is 18.0 Å². The van der Waals surface area contributed by atoms with Gasteiger partial charge in [0.2, 0.25) is 5.91 Å². The van der Waals surface area contributed by atoms with E-state index in [0.29, 0.717) is 28.3 Å². The number of hydrogen-bond donors (Lipinski definition) is 1. The summed E-state index contributed by atoms with van der Waals surface area (Å²) < 4.78 is 3.19. The van der Waals surface area contributed by atoms with Crippen molar-refractivity contribution in [1.29, 1.82) is 0 Å². The average Bonchev–Trinajstić information content (AvgIpc) is 3.10. The number of carbonyl (C=O) groups excluding carboxylic acids is 1. The number of para-hydroxylation sites is 1. The molecule has 6 nitrogen and oxygen atoms in total. The summed E-state index contributed by atoms with van der Waals surface area (Å²) in [7, 11) is 0. The summed E-state index contributed by atoms with van der Waals surface area (Å²) in [6, 6.07) is 16.7. The Bertz CT molecular complexity index is 1240. The molecule has 4 aromatic rings. The zero-order chi connectivity index (χ0) is 20.4. The zero-order valence-corrected chi connectivity index (χ0v) is 16.6. The van der Waals surface area contributed by atoms with Crippen LogP contribution in [0.25, 0.3) is 22.2 Å². The van der Waals surface area contributed by atoms with Crippen LogP contribution >= 0.6 is 11.6 Å². The maximum Gasteiger partial charge on any atom is 0.277 e. The Morgan fingerprint density at radius 3 is 2.52 bits per heavy atom. The smallest absolute Gasteiger partial charge is 0.277 e. The van der Waals surface area contributed by atoms with Gasteiger partial charge in [0, 0.05) is 18.3 Å². The Morgan fingerprint density at radius 1 is 1.07 bits per heavy atom. The van der Waals surface area contributed by atoms with Gasteiger partial charge >= 0.3 is 0 Å². The number of hydrogen-bond acceptors (Lipinski definition) is 3. The molecule has 0 radical (unpaired) electrons. The minimum absolute atomic E-state index is 0.0286. The number of nitrogens with one attached hydrogen (secondary N) is 1. The Labute approximate surface area is 172 Å². The van der Waals surface area contributed by atoms with Gasteiger partial charge in [-0.05, 0) is 24.6 Å². The molecular weight excluding hydrogens is 388 g/mol. The van der Waals surface area contributed by atoms with E-state index in [1.807, 2.05) is 37.3 Å². The monoisotopic (exact) mass is 406 g/mol. The zero-order valence-electron chi connectivity index (χ0n) is 15.8. The van der Waals surface area contributed by atoms with Crippen molar-refractivity contribution >= 4 is 34.2 Å². The van der Waals surface area contributed by atoms with Crippen molar-refractivity contribution in [2.75, 3.05) is 5.32 Å². The lowest BCUT2D eigenvalue weighted by Crippen LogP contribution is -2.24. The summed E-state index contributed by atoms with van der Waals surface area (Å²) >= 11 is 6.13. The molecule has 146 valence electrons. The van der Waals surface area contributed by atoms with E-state index in [2.05, 4.69) is 10.3 Å². The van der Waals surface area contributed by atoms with Crippen LogP contribution in [-0.4, -0.2) is 20.0 Å². The molecule has 1 amide bonds. The first-order valence-corrected chi connectivity index (χ1v) is 9.64. The molecule has 2 aromatic carbocycles. The van der Waals surface area contributed by atoms with Crippen molar-refractivity contribution in [3.8, 4) is 11.1 Å². The van der Waals surface area contributed by atoms with Crippen LogP contribution in [0, 0.1) is 0 Å². The predicted octanol–water partition coefficient (Wildman–Crippen LogP) is 4.18. The lowest BCUT2D eigenvalue weighted by molar-refractivity contribution is -0.116. The second kappa shape index (κ2) is 7.93. The van der Waals surface area contributed by atoms with Gasteiger partial charge in [-0.25, -0.2) is 4.98 Å². The Morgan fingerprint density at radius 2 is 1.79 bits per heavy atom. The largest absolute Gasteiger partial charge is 0.332 e. The first-order valence-electron chi connectivity index (χ1n) is 9.26. The van der Waals surface area contributed by atoms with Gasteiger partial charge in [0.1, 0.15) is 17.6 Å². The highest BCUT2D eigenvalue weighted by molar-refractivity contribution is 6.33. The SMILES string of the molecule is CCn1cnc2c(-c3ccccc3)cn(CC(=O)Nc3ccccc3Cl)c2c1=O. The molecule has 4 rings (SSSR count). The summed E-state index contributed by atoms with van der Waals surface area (Å²) in [5.41, 5.74) is 3.09. The minimum Gasteiger partial charge on any atom is -0.332 e. The second-order valence-corrected chi connectivity index (χ2v) is 7.00. The molecule has 2 heterocycles. The third kappa shape index (κ3) is 3.67. The van der Waals surface area contributed by atoms with Crippen molar-refractivity contribution in [2.24, 2.45) is 0 Å². The molecule has 0 bridgehead atoms. The van der Waals surface area contributed by atoms with Crippen LogP contribution in [0.5, 0.6) is 0 Å². The first kappa shape index (κ1) is 19.0. The molecule has 0 atom stereocenters. The maximum atomic E-state index is 13.0. The summed E-state index contributed by atoms with van der Waals surface area (Å²) in [6.07, 6.45) is 3.35. The van der Waals surface area contributed by atoms with Gasteiger partial charge in [0.25, 0.3) is 5.56 Å². The van der Waals surface area contributed by atoms with Gasteiger partial charge in [-0.2, -0.15) is 0 Å². The molecule has 0 aliphatic carbocycles. The molecule has 7 heteroatoms. The molecule has 0 unspecified atom stereocenters. The lowest BCUT2D eigenvalue weighted by atomic mass is 10.1. The molecule has 0 saturated heterocycles. The molecule has 0 aliphatic heterocycles. The van der Waals surface area contributed by atoms with Crippen molar-refractivity contribution in [3.05, 3.63) is 82.5 Å². The Balaban J connectivity index is 1.78. The molecule has 0 spiro atoms. The third-order valence-electron chi connectivity index (χ3n) is 4.73. The van der Waals surface area contributed by atoms with Crippen LogP contribution < -0.4 is 10.9 Å². The lowest BCUT2D eigenvalue weighted by Gasteiger charge is -2.09. The van der Waals surface area contributed by atoms with Gasteiger partial charge in [0.15, 0.2) is 0 Å². The predicted molar refractivity (Wildman–Crippen MR) is 115 cm³/mol. The first-order chi connectivity index (χ1) is 14.1. The molecule has 1 N–H and O–H groups in total. The summed E-state index contributed by atoms with van der Waals surface area (Å²) in [5.74, 6) is -0.277. The number of rotatable bonds is 5. The van der Waals surface area contributed by atoms with E-state index in [4.69, 9.17) is 11.6 Å². The highest BCUT2D eigenvalue weighted by Crippen LogP contribution is 2.28. The van der Waals surface area contributed by atoms with Crippen LogP contribution in [-0.2, 0) is 17.9 Å². The maximum absolute atomic E-state index is 13.0. The number of aryl methyl sites for hydroxylation is 1. The number of nitrogens with zero attached hydrogens (tertiary/aromatic N) is 3. The van der Waals surface area contributed by atoms with Crippen molar-refractivity contribution in [3.63, 3.8) is 0 Å². The number of anilines is 1. The quantitative estimate of drug-likeness (QED) is 0.540. The van der Waals surface area contributed by atoms with Crippen molar-refractivity contribution in [1.82, 2.24) is 14.1 Å². The van der Waals surface area contributed by atoms with Crippen molar-refractivity contribution in [2.45, 2.75) is 20.0 Å². The molecule has 2 aromatic heterocycles. The van der Waals surface area contributed by atoms with E-state index in [1.165, 1.54) is 4.57 Å². The van der Waals surface area contributed by atoms with Crippen LogP contribution in [0.1, 0.15) is 6.92 Å². The molecule has 0 aliphatic rings. The molecule has 0 fully saturated rings. The normalized spacial score (nSPS) is 11.0. The molecule has 29 heavy (non-hydrogen) atoms. The highest BCUT2D eigenvalue weighted by atomic mass is 35.5. The van der Waals surface area contributed by atoms with E-state index in [0.717, 1.165) is 11.1 Å². The van der Waals surface area contributed by atoms with Gasteiger partial charge in [-0.3, -0.25) is 14.2 Å². The number of fused-ring (bicyclic) bond motifs is 1. The number of amides is 1. The number of aromatic nitrogens is 3. The Hall–Kier alpha value is -3.38. The number of carbonyl (C=O) groups is 1. The third-order valence-corrected chi connectivity index (χ3v) is 5.06. The number of halogens is 1. The van der Waals surface area contributed by atoms with Crippen molar-refractivity contribution < 1.29 is 4.79 Å². The topological polar surface area (TPSA) is 68.9 Å².